The van der Waals surface area contributed by atoms with Gasteiger partial charge >= 0.3 is 0 Å². The van der Waals surface area contributed by atoms with Gasteiger partial charge in [0.2, 0.25) is 0 Å². The summed E-state index contributed by atoms with van der Waals surface area (Å²) in [5, 5.41) is 10.8. The lowest BCUT2D eigenvalue weighted by molar-refractivity contribution is 0.104. The third kappa shape index (κ3) is 1.23. The number of ketones is 1. The lowest BCUT2D eigenvalue weighted by atomic mass is 10.00. The van der Waals surface area contributed by atoms with Crippen LogP contribution in [0.1, 0.15) is 21.5 Å². The quantitative estimate of drug-likeness (QED) is 0.529. The zero-order valence-electron chi connectivity index (χ0n) is 10.7. The van der Waals surface area contributed by atoms with Gasteiger partial charge < -0.3 is 5.11 Å². The summed E-state index contributed by atoms with van der Waals surface area (Å²) >= 11 is 0. The van der Waals surface area contributed by atoms with Crippen molar-refractivity contribution in [1.29, 1.82) is 0 Å². The Kier molecular flexibility index (Phi) is 2.02. The van der Waals surface area contributed by atoms with Gasteiger partial charge in [-0.3, -0.25) is 14.8 Å². The molecule has 0 atom stereocenters. The number of aromatic hydroxyl groups is 1. The number of benzene rings is 1. The number of nitrogens with zero attached hydrogens (tertiary/aromatic N) is 2. The van der Waals surface area contributed by atoms with Gasteiger partial charge in [-0.05, 0) is 24.6 Å². The number of phenols is 1. The van der Waals surface area contributed by atoms with Crippen molar-refractivity contribution in [2.75, 3.05) is 0 Å². The number of fused-ring (bicyclic) bond motifs is 5. The summed E-state index contributed by atoms with van der Waals surface area (Å²) in [5.41, 5.74) is 4.33. The third-order valence-electron chi connectivity index (χ3n) is 3.78. The molecule has 4 heteroatoms. The van der Waals surface area contributed by atoms with E-state index in [0.717, 1.165) is 16.7 Å². The molecule has 1 aliphatic rings. The average molecular weight is 262 g/mol. The van der Waals surface area contributed by atoms with Gasteiger partial charge in [0.25, 0.3) is 0 Å². The van der Waals surface area contributed by atoms with Crippen LogP contribution in [-0.4, -0.2) is 20.9 Å². The minimum absolute atomic E-state index is 0.0623. The average Bonchev–Trinajstić information content (AvgIpc) is 2.77. The molecule has 0 saturated heterocycles. The number of hydrogen-bond donors (Lipinski definition) is 1. The van der Waals surface area contributed by atoms with Gasteiger partial charge in [-0.1, -0.05) is 6.07 Å². The van der Waals surface area contributed by atoms with Crippen molar-refractivity contribution < 1.29 is 9.90 Å². The van der Waals surface area contributed by atoms with Gasteiger partial charge in [0.05, 0.1) is 10.9 Å². The summed E-state index contributed by atoms with van der Waals surface area (Å²) in [4.78, 5) is 20.8. The minimum Gasteiger partial charge on any atom is -0.507 e. The van der Waals surface area contributed by atoms with E-state index < -0.39 is 0 Å². The highest BCUT2D eigenvalue weighted by molar-refractivity contribution is 6.26. The molecule has 0 unspecified atom stereocenters. The van der Waals surface area contributed by atoms with Crippen LogP contribution < -0.4 is 0 Å². The van der Waals surface area contributed by atoms with Crippen LogP contribution in [0.15, 0.2) is 36.8 Å². The molecule has 2 heterocycles. The van der Waals surface area contributed by atoms with Crippen molar-refractivity contribution >= 4 is 16.7 Å². The Morgan fingerprint density at radius 3 is 2.75 bits per heavy atom. The maximum Gasteiger partial charge on any atom is 0.195 e. The zero-order chi connectivity index (χ0) is 13.9. The van der Waals surface area contributed by atoms with Crippen LogP contribution in [0.4, 0.5) is 0 Å². The first-order valence-electron chi connectivity index (χ1n) is 6.29. The SMILES string of the molecule is Cc1ccc(O)c2c3c(cnc12)C(=O)c1ccncc1-3. The molecule has 3 aromatic rings. The van der Waals surface area contributed by atoms with E-state index in [9.17, 15) is 9.90 Å². The van der Waals surface area contributed by atoms with Gasteiger partial charge in [-0.25, -0.2) is 0 Å². The number of hydrogen-bond acceptors (Lipinski definition) is 4. The van der Waals surface area contributed by atoms with E-state index in [2.05, 4.69) is 9.97 Å². The minimum atomic E-state index is -0.0623. The third-order valence-corrected chi connectivity index (χ3v) is 3.78. The van der Waals surface area contributed by atoms with Crippen molar-refractivity contribution in [3.63, 3.8) is 0 Å². The number of pyridine rings is 2. The highest BCUT2D eigenvalue weighted by Gasteiger charge is 2.30. The molecule has 0 saturated carbocycles. The molecule has 0 fully saturated rings. The standard InChI is InChI=1S/C16H10N2O2/c1-8-2-3-12(19)14-13-10-6-17-5-4-9(10)16(20)11(13)7-18-15(8)14/h2-7,19H,1H3. The number of aryl methyl sites for hydroxylation is 1. The molecular formula is C16H10N2O2. The predicted molar refractivity (Wildman–Crippen MR) is 74.8 cm³/mol. The van der Waals surface area contributed by atoms with E-state index in [1.54, 1.807) is 30.7 Å². The van der Waals surface area contributed by atoms with Crippen molar-refractivity contribution in [1.82, 2.24) is 9.97 Å². The molecule has 0 amide bonds. The maximum absolute atomic E-state index is 12.4. The molecule has 0 bridgehead atoms. The molecule has 96 valence electrons. The number of phenolic OH excluding ortho intramolecular Hbond substituents is 1. The van der Waals surface area contributed by atoms with Gasteiger partial charge in [0, 0.05) is 40.8 Å². The van der Waals surface area contributed by atoms with Gasteiger partial charge in [0.1, 0.15) is 5.75 Å². The molecule has 4 nitrogen and oxygen atoms in total. The first-order valence-corrected chi connectivity index (χ1v) is 6.29. The smallest absolute Gasteiger partial charge is 0.195 e. The Labute approximate surface area is 114 Å². The van der Waals surface area contributed by atoms with Crippen molar-refractivity contribution in [3.8, 4) is 16.9 Å². The van der Waals surface area contributed by atoms with Gasteiger partial charge in [0.15, 0.2) is 5.78 Å². The molecule has 0 aliphatic heterocycles. The molecule has 20 heavy (non-hydrogen) atoms. The molecule has 0 radical (unpaired) electrons. The summed E-state index contributed by atoms with van der Waals surface area (Å²) in [6.07, 6.45) is 4.86. The summed E-state index contributed by atoms with van der Waals surface area (Å²) in [7, 11) is 0. The molecule has 2 aromatic heterocycles. The molecular weight excluding hydrogens is 252 g/mol. The molecule has 1 aromatic carbocycles. The van der Waals surface area contributed by atoms with Crippen LogP contribution in [0.3, 0.4) is 0 Å². The number of rotatable bonds is 0. The highest BCUT2D eigenvalue weighted by Crippen LogP contribution is 2.43. The first-order chi connectivity index (χ1) is 9.68. The largest absolute Gasteiger partial charge is 0.507 e. The van der Waals surface area contributed by atoms with E-state index in [4.69, 9.17) is 0 Å². The topological polar surface area (TPSA) is 63.1 Å². The summed E-state index contributed by atoms with van der Waals surface area (Å²) in [5.74, 6) is 0.0761. The number of carbonyl (C=O) groups excluding carboxylic acids is 1. The summed E-state index contributed by atoms with van der Waals surface area (Å²) in [6, 6.07) is 5.16. The van der Waals surface area contributed by atoms with Gasteiger partial charge in [-0.2, -0.15) is 0 Å². The van der Waals surface area contributed by atoms with Gasteiger partial charge in [-0.15, -0.1) is 0 Å². The summed E-state index contributed by atoms with van der Waals surface area (Å²) < 4.78 is 0. The second kappa shape index (κ2) is 3.63. The summed E-state index contributed by atoms with van der Waals surface area (Å²) in [6.45, 7) is 1.93. The first kappa shape index (κ1) is 11.1. The molecule has 0 spiro atoms. The Morgan fingerprint density at radius 1 is 1.05 bits per heavy atom. The molecule has 1 N–H and O–H groups in total. The van der Waals surface area contributed by atoms with Crippen LogP contribution in [-0.2, 0) is 0 Å². The van der Waals surface area contributed by atoms with E-state index in [-0.39, 0.29) is 11.5 Å². The zero-order valence-corrected chi connectivity index (χ0v) is 10.7. The normalized spacial score (nSPS) is 12.6. The van der Waals surface area contributed by atoms with Crippen LogP contribution in [0.25, 0.3) is 22.0 Å². The number of aromatic nitrogens is 2. The predicted octanol–water partition coefficient (Wildman–Crippen LogP) is 2.86. The Hall–Kier alpha value is -2.75. The Bertz CT molecular complexity index is 900. The van der Waals surface area contributed by atoms with Crippen molar-refractivity contribution in [3.05, 3.63) is 53.5 Å². The van der Waals surface area contributed by atoms with Crippen LogP contribution in [0.5, 0.6) is 5.75 Å². The highest BCUT2D eigenvalue weighted by atomic mass is 16.3. The monoisotopic (exact) mass is 262 g/mol. The van der Waals surface area contributed by atoms with E-state index in [0.29, 0.717) is 22.0 Å². The van der Waals surface area contributed by atoms with Crippen LogP contribution >= 0.6 is 0 Å². The van der Waals surface area contributed by atoms with E-state index in [1.165, 1.54) is 0 Å². The molecule has 4 rings (SSSR count). The maximum atomic E-state index is 12.4. The van der Waals surface area contributed by atoms with E-state index in [1.807, 2.05) is 13.0 Å². The Morgan fingerprint density at radius 2 is 1.90 bits per heavy atom. The van der Waals surface area contributed by atoms with Crippen molar-refractivity contribution in [2.24, 2.45) is 0 Å². The van der Waals surface area contributed by atoms with Crippen LogP contribution in [0, 0.1) is 6.92 Å². The fourth-order valence-corrected chi connectivity index (χ4v) is 2.81. The lowest BCUT2D eigenvalue weighted by Crippen LogP contribution is -1.96. The van der Waals surface area contributed by atoms with E-state index >= 15 is 0 Å². The molecule has 1 aliphatic carbocycles. The van der Waals surface area contributed by atoms with Crippen molar-refractivity contribution in [2.45, 2.75) is 6.92 Å². The van der Waals surface area contributed by atoms with Crippen LogP contribution in [0.2, 0.25) is 0 Å². The lowest BCUT2D eigenvalue weighted by Gasteiger charge is -2.08. The fourth-order valence-electron chi connectivity index (χ4n) is 2.81. The number of carbonyl (C=O) groups is 1. The second-order valence-corrected chi connectivity index (χ2v) is 4.92. The Balaban J connectivity index is 2.26. The second-order valence-electron chi connectivity index (χ2n) is 4.92. The fraction of sp³-hybridized carbons (Fsp3) is 0.0625.